The van der Waals surface area contributed by atoms with E-state index in [-0.39, 0.29) is 11.9 Å². The molecule has 122 valence electrons. The van der Waals surface area contributed by atoms with Gasteiger partial charge in [0.05, 0.1) is 18.2 Å². The highest BCUT2D eigenvalue weighted by Crippen LogP contribution is 2.19. The molecule has 1 heterocycles. The van der Waals surface area contributed by atoms with Gasteiger partial charge in [-0.2, -0.15) is 0 Å². The number of hydrogen-bond donors (Lipinski definition) is 1. The quantitative estimate of drug-likeness (QED) is 0.884. The minimum absolute atomic E-state index is 0.0558. The smallest absolute Gasteiger partial charge is 0.253 e. The van der Waals surface area contributed by atoms with Crippen molar-refractivity contribution in [1.29, 1.82) is 0 Å². The predicted molar refractivity (Wildman–Crippen MR) is 91.4 cm³/mol. The van der Waals surface area contributed by atoms with Crippen molar-refractivity contribution in [3.8, 4) is 0 Å². The molecule has 1 atom stereocenters. The molecule has 0 aliphatic carbocycles. The monoisotopic (exact) mass is 312 g/mol. The Morgan fingerprint density at radius 2 is 1.96 bits per heavy atom. The molecule has 2 aromatic rings. The van der Waals surface area contributed by atoms with Crippen molar-refractivity contribution in [1.82, 2.24) is 10.3 Å². The molecule has 4 nitrogen and oxygen atoms in total. The number of aryl methyl sites for hydroxylation is 1. The molecule has 0 saturated carbocycles. The summed E-state index contributed by atoms with van der Waals surface area (Å²) >= 11 is 0. The molecule has 2 rings (SSSR count). The van der Waals surface area contributed by atoms with E-state index < -0.39 is 0 Å². The van der Waals surface area contributed by atoms with Crippen molar-refractivity contribution in [3.63, 3.8) is 0 Å². The van der Waals surface area contributed by atoms with Crippen LogP contribution in [0.1, 0.15) is 52.6 Å². The van der Waals surface area contributed by atoms with Gasteiger partial charge in [-0.05, 0) is 38.8 Å². The van der Waals surface area contributed by atoms with E-state index in [2.05, 4.69) is 10.3 Å². The van der Waals surface area contributed by atoms with Crippen LogP contribution in [0.15, 0.2) is 36.5 Å². The Hall–Kier alpha value is -2.20. The number of carbonyl (C=O) groups excluding carboxylic acids is 1. The third-order valence-electron chi connectivity index (χ3n) is 4.02. The van der Waals surface area contributed by atoms with E-state index in [1.54, 1.807) is 6.20 Å². The van der Waals surface area contributed by atoms with Gasteiger partial charge in [0.1, 0.15) is 0 Å². The van der Waals surface area contributed by atoms with Gasteiger partial charge in [0.2, 0.25) is 0 Å². The van der Waals surface area contributed by atoms with Gasteiger partial charge < -0.3 is 10.1 Å². The van der Waals surface area contributed by atoms with Crippen LogP contribution in [-0.2, 0) is 11.3 Å². The maximum atomic E-state index is 12.6. The molecule has 1 N–H and O–H groups in total. The average Bonchev–Trinajstić information content (AvgIpc) is 2.55. The molecule has 4 heteroatoms. The van der Waals surface area contributed by atoms with E-state index in [4.69, 9.17) is 4.74 Å². The molecule has 1 amide bonds. The fourth-order valence-corrected chi connectivity index (χ4v) is 2.52. The largest absolute Gasteiger partial charge is 0.377 e. The number of ether oxygens (including phenoxy) is 1. The van der Waals surface area contributed by atoms with Crippen LogP contribution in [0.4, 0.5) is 0 Å². The lowest BCUT2D eigenvalue weighted by molar-refractivity contribution is 0.0938. The first-order valence-corrected chi connectivity index (χ1v) is 7.93. The van der Waals surface area contributed by atoms with E-state index in [0.717, 1.165) is 22.4 Å². The van der Waals surface area contributed by atoms with E-state index in [0.29, 0.717) is 18.8 Å². The van der Waals surface area contributed by atoms with Crippen LogP contribution in [0.3, 0.4) is 0 Å². The minimum atomic E-state index is -0.107. The molecule has 0 bridgehead atoms. The lowest BCUT2D eigenvalue weighted by Gasteiger charge is -2.17. The second-order valence-electron chi connectivity index (χ2n) is 5.60. The van der Waals surface area contributed by atoms with Crippen LogP contribution < -0.4 is 5.32 Å². The van der Waals surface area contributed by atoms with Crippen LogP contribution in [0.2, 0.25) is 0 Å². The maximum absolute atomic E-state index is 12.6. The van der Waals surface area contributed by atoms with E-state index in [1.165, 1.54) is 0 Å². The first kappa shape index (κ1) is 17.2. The topological polar surface area (TPSA) is 51.2 Å². The molecule has 0 aliphatic rings. The second-order valence-corrected chi connectivity index (χ2v) is 5.60. The maximum Gasteiger partial charge on any atom is 0.253 e. The molecule has 1 unspecified atom stereocenters. The lowest BCUT2D eigenvalue weighted by atomic mass is 10.0. The minimum Gasteiger partial charge on any atom is -0.377 e. The Labute approximate surface area is 137 Å². The highest BCUT2D eigenvalue weighted by molar-refractivity contribution is 5.95. The Balaban J connectivity index is 2.19. The summed E-state index contributed by atoms with van der Waals surface area (Å²) in [7, 11) is 0. The zero-order valence-corrected chi connectivity index (χ0v) is 14.2. The van der Waals surface area contributed by atoms with E-state index in [1.807, 2.05) is 58.0 Å². The molecule has 0 fully saturated rings. The Bertz CT molecular complexity index is 669. The number of nitrogens with zero attached hydrogens (tertiary/aromatic N) is 1. The van der Waals surface area contributed by atoms with Crippen LogP contribution in [0.5, 0.6) is 0 Å². The summed E-state index contributed by atoms with van der Waals surface area (Å²) in [6.45, 7) is 8.94. The fourth-order valence-electron chi connectivity index (χ4n) is 2.52. The van der Waals surface area contributed by atoms with E-state index in [9.17, 15) is 4.79 Å². The van der Waals surface area contributed by atoms with Crippen molar-refractivity contribution in [2.45, 2.75) is 40.3 Å². The summed E-state index contributed by atoms with van der Waals surface area (Å²) in [6.07, 6.45) is 1.65. The number of hydrogen-bond acceptors (Lipinski definition) is 3. The third-order valence-corrected chi connectivity index (χ3v) is 4.02. The van der Waals surface area contributed by atoms with Gasteiger partial charge in [-0.25, -0.2) is 0 Å². The van der Waals surface area contributed by atoms with Crippen LogP contribution in [0, 0.1) is 13.8 Å². The normalized spacial score (nSPS) is 12.0. The van der Waals surface area contributed by atoms with Crippen molar-refractivity contribution in [3.05, 3.63) is 64.5 Å². The fraction of sp³-hybridized carbons (Fsp3) is 0.368. The number of carbonyl (C=O) groups is 1. The number of amides is 1. The predicted octanol–water partition coefficient (Wildman–Crippen LogP) is 3.73. The van der Waals surface area contributed by atoms with Crippen LogP contribution >= 0.6 is 0 Å². The summed E-state index contributed by atoms with van der Waals surface area (Å²) in [4.78, 5) is 16.9. The van der Waals surface area contributed by atoms with Gasteiger partial charge in [0.25, 0.3) is 5.91 Å². The number of benzene rings is 1. The molecule has 0 spiro atoms. The highest BCUT2D eigenvalue weighted by atomic mass is 16.5. The first-order chi connectivity index (χ1) is 11.0. The van der Waals surface area contributed by atoms with Crippen molar-refractivity contribution in [2.75, 3.05) is 6.61 Å². The molecular weight excluding hydrogens is 288 g/mol. The molecule has 23 heavy (non-hydrogen) atoms. The van der Waals surface area contributed by atoms with Gasteiger partial charge in [0, 0.05) is 24.1 Å². The third kappa shape index (κ3) is 4.17. The molecule has 1 aromatic carbocycles. The summed E-state index contributed by atoms with van der Waals surface area (Å²) in [5, 5.41) is 3.04. The van der Waals surface area contributed by atoms with Crippen LogP contribution in [0.25, 0.3) is 0 Å². The zero-order valence-electron chi connectivity index (χ0n) is 14.2. The Morgan fingerprint density at radius 1 is 1.26 bits per heavy atom. The summed E-state index contributed by atoms with van der Waals surface area (Å²) in [5.74, 6) is -0.107. The van der Waals surface area contributed by atoms with Gasteiger partial charge in [-0.1, -0.05) is 30.3 Å². The first-order valence-electron chi connectivity index (χ1n) is 7.93. The van der Waals surface area contributed by atoms with Crippen molar-refractivity contribution < 1.29 is 9.53 Å². The summed E-state index contributed by atoms with van der Waals surface area (Å²) in [5.41, 5.74) is 4.51. The molecule has 0 saturated heterocycles. The van der Waals surface area contributed by atoms with Gasteiger partial charge in [-0.15, -0.1) is 0 Å². The molecule has 1 aromatic heterocycles. The summed E-state index contributed by atoms with van der Waals surface area (Å²) in [6, 6.07) is 9.86. The Morgan fingerprint density at radius 3 is 2.61 bits per heavy atom. The number of pyridine rings is 1. The highest BCUT2D eigenvalue weighted by Gasteiger charge is 2.17. The number of nitrogens with one attached hydrogen (secondary N) is 1. The molecule has 0 radical (unpaired) electrons. The van der Waals surface area contributed by atoms with Crippen molar-refractivity contribution >= 4 is 5.91 Å². The van der Waals surface area contributed by atoms with Crippen molar-refractivity contribution in [2.24, 2.45) is 0 Å². The van der Waals surface area contributed by atoms with Gasteiger partial charge >= 0.3 is 0 Å². The molecular formula is C19H24N2O2. The number of aromatic nitrogens is 1. The standard InChI is InChI=1S/C19H24N2O2/c1-5-23-12-18-13(2)17(11-20-15(18)4)19(22)21-14(3)16-9-7-6-8-10-16/h6-11,14H,5,12H2,1-4H3,(H,21,22). The zero-order chi connectivity index (χ0) is 16.8. The van der Waals surface area contributed by atoms with Gasteiger partial charge in [0.15, 0.2) is 0 Å². The van der Waals surface area contributed by atoms with Crippen LogP contribution in [-0.4, -0.2) is 17.5 Å². The van der Waals surface area contributed by atoms with Gasteiger partial charge in [-0.3, -0.25) is 9.78 Å². The SMILES string of the molecule is CCOCc1c(C)ncc(C(=O)NC(C)c2ccccc2)c1C. The molecule has 0 aliphatic heterocycles. The second kappa shape index (κ2) is 7.88. The van der Waals surface area contributed by atoms with E-state index >= 15 is 0 Å². The number of rotatable bonds is 6. The lowest BCUT2D eigenvalue weighted by Crippen LogP contribution is -2.28. The summed E-state index contributed by atoms with van der Waals surface area (Å²) < 4.78 is 5.49. The average molecular weight is 312 g/mol. The Kier molecular flexibility index (Phi) is 5.88.